The van der Waals surface area contributed by atoms with Gasteiger partial charge in [-0.1, -0.05) is 42.5 Å². The van der Waals surface area contributed by atoms with E-state index in [0.717, 1.165) is 35.5 Å². The minimum absolute atomic E-state index is 0.00881. The monoisotopic (exact) mass is 463 g/mol. The molecular formula is C29H25N3O3. The van der Waals surface area contributed by atoms with E-state index in [4.69, 9.17) is 4.42 Å². The van der Waals surface area contributed by atoms with E-state index in [1.807, 2.05) is 85.1 Å². The topological polar surface area (TPSA) is 58.7 Å². The average Bonchev–Trinajstić information content (AvgIpc) is 3.36. The fourth-order valence-corrected chi connectivity index (χ4v) is 4.80. The number of fused-ring (bicyclic) bond motifs is 3. The maximum absolute atomic E-state index is 14.0. The zero-order chi connectivity index (χ0) is 23.8. The molecule has 6 heteroatoms. The summed E-state index contributed by atoms with van der Waals surface area (Å²) in [5.74, 6) is 0.397. The first-order valence-electron chi connectivity index (χ1n) is 11.9. The van der Waals surface area contributed by atoms with Crippen molar-refractivity contribution >= 4 is 23.6 Å². The van der Waals surface area contributed by atoms with Crippen LogP contribution in [-0.2, 0) is 9.59 Å². The number of hydrogen-bond acceptors (Lipinski definition) is 3. The van der Waals surface area contributed by atoms with Crippen LogP contribution in [0.3, 0.4) is 0 Å². The Morgan fingerprint density at radius 3 is 2.43 bits per heavy atom. The number of amides is 2. The molecule has 0 bridgehead atoms. The Morgan fingerprint density at radius 1 is 0.914 bits per heavy atom. The maximum atomic E-state index is 14.0. The summed E-state index contributed by atoms with van der Waals surface area (Å²) >= 11 is 0. The van der Waals surface area contributed by atoms with Gasteiger partial charge in [0.15, 0.2) is 0 Å². The summed E-state index contributed by atoms with van der Waals surface area (Å²) in [5, 5.41) is 0. The van der Waals surface area contributed by atoms with Crippen molar-refractivity contribution in [1.82, 2.24) is 9.47 Å². The van der Waals surface area contributed by atoms with Crippen LogP contribution in [0.15, 0.2) is 102 Å². The van der Waals surface area contributed by atoms with Gasteiger partial charge in [-0.2, -0.15) is 0 Å². The third-order valence-electron chi connectivity index (χ3n) is 6.60. The Bertz CT molecular complexity index is 1380. The molecule has 6 rings (SSSR count). The summed E-state index contributed by atoms with van der Waals surface area (Å²) < 4.78 is 7.89. The Kier molecular flexibility index (Phi) is 5.34. The summed E-state index contributed by atoms with van der Waals surface area (Å²) in [7, 11) is 0. The number of rotatable bonds is 6. The second-order valence-electron chi connectivity index (χ2n) is 8.91. The highest BCUT2D eigenvalue weighted by molar-refractivity contribution is 6.02. The lowest BCUT2D eigenvalue weighted by Crippen LogP contribution is -2.47. The molecule has 1 aliphatic carbocycles. The van der Waals surface area contributed by atoms with Gasteiger partial charge in [0, 0.05) is 18.3 Å². The normalized spacial score (nSPS) is 16.7. The summed E-state index contributed by atoms with van der Waals surface area (Å²) in [6.07, 6.45) is 8.83. The average molecular weight is 464 g/mol. The molecule has 0 N–H and O–H groups in total. The molecule has 1 atom stereocenters. The van der Waals surface area contributed by atoms with Crippen molar-refractivity contribution in [3.63, 3.8) is 0 Å². The smallest absolute Gasteiger partial charge is 0.247 e. The van der Waals surface area contributed by atoms with E-state index < -0.39 is 6.04 Å². The van der Waals surface area contributed by atoms with Gasteiger partial charge >= 0.3 is 0 Å². The highest BCUT2D eigenvalue weighted by Crippen LogP contribution is 2.42. The molecule has 2 aromatic carbocycles. The van der Waals surface area contributed by atoms with E-state index in [1.165, 1.54) is 0 Å². The van der Waals surface area contributed by atoms with E-state index in [9.17, 15) is 9.59 Å². The molecule has 2 aromatic heterocycles. The van der Waals surface area contributed by atoms with Crippen LogP contribution in [0.5, 0.6) is 0 Å². The number of furan rings is 1. The van der Waals surface area contributed by atoms with Crippen molar-refractivity contribution in [3.8, 4) is 5.69 Å². The van der Waals surface area contributed by atoms with E-state index in [1.54, 1.807) is 28.2 Å². The molecule has 0 spiro atoms. The highest BCUT2D eigenvalue weighted by Gasteiger charge is 2.40. The zero-order valence-corrected chi connectivity index (χ0v) is 19.2. The minimum Gasteiger partial charge on any atom is -0.467 e. The van der Waals surface area contributed by atoms with Gasteiger partial charge in [0.2, 0.25) is 11.8 Å². The van der Waals surface area contributed by atoms with Gasteiger partial charge in [-0.3, -0.25) is 14.5 Å². The lowest BCUT2D eigenvalue weighted by Gasteiger charge is -2.38. The van der Waals surface area contributed by atoms with Crippen LogP contribution in [0.25, 0.3) is 11.8 Å². The quantitative estimate of drug-likeness (QED) is 0.369. The van der Waals surface area contributed by atoms with Crippen molar-refractivity contribution in [2.24, 2.45) is 0 Å². The van der Waals surface area contributed by atoms with Crippen LogP contribution >= 0.6 is 0 Å². The lowest BCUT2D eigenvalue weighted by atomic mass is 10.0. The summed E-state index contributed by atoms with van der Waals surface area (Å²) in [5.41, 5.74) is 3.62. The molecule has 1 aliphatic heterocycles. The Hall–Kier alpha value is -4.32. The van der Waals surface area contributed by atoms with E-state index >= 15 is 0 Å². The van der Waals surface area contributed by atoms with Crippen molar-refractivity contribution in [2.45, 2.75) is 24.9 Å². The van der Waals surface area contributed by atoms with Crippen molar-refractivity contribution in [3.05, 3.63) is 114 Å². The number of para-hydroxylation sites is 2. The number of carbonyl (C=O) groups excluding carboxylic acids is 2. The Balaban J connectivity index is 1.33. The first-order valence-corrected chi connectivity index (χ1v) is 11.9. The fourth-order valence-electron chi connectivity index (χ4n) is 4.80. The molecule has 4 aromatic rings. The molecule has 35 heavy (non-hydrogen) atoms. The van der Waals surface area contributed by atoms with Gasteiger partial charge in [-0.25, -0.2) is 0 Å². The molecule has 2 amide bonds. The van der Waals surface area contributed by atoms with Crippen LogP contribution in [-0.4, -0.2) is 33.9 Å². The summed E-state index contributed by atoms with van der Waals surface area (Å²) in [6, 6.07) is 24.9. The maximum Gasteiger partial charge on any atom is 0.247 e. The van der Waals surface area contributed by atoms with E-state index in [0.29, 0.717) is 5.76 Å². The number of hydrogen-bond donors (Lipinski definition) is 0. The van der Waals surface area contributed by atoms with Gasteiger partial charge in [-0.05, 0) is 60.9 Å². The summed E-state index contributed by atoms with van der Waals surface area (Å²) in [4.78, 5) is 30.6. The predicted molar refractivity (Wildman–Crippen MR) is 134 cm³/mol. The fraction of sp³-hybridized carbons (Fsp3) is 0.172. The molecule has 174 valence electrons. The van der Waals surface area contributed by atoms with Crippen LogP contribution in [0.2, 0.25) is 0 Å². The molecule has 1 unspecified atom stereocenters. The number of nitrogens with zero attached hydrogens (tertiary/aromatic N) is 3. The zero-order valence-electron chi connectivity index (χ0n) is 19.2. The van der Waals surface area contributed by atoms with Crippen LogP contribution in [0.1, 0.15) is 35.9 Å². The number of aromatic nitrogens is 1. The first kappa shape index (κ1) is 21.2. The Labute approximate surface area is 203 Å². The summed E-state index contributed by atoms with van der Waals surface area (Å²) in [6.45, 7) is 0.00881. The minimum atomic E-state index is -0.418. The molecule has 0 saturated heterocycles. The molecule has 6 nitrogen and oxygen atoms in total. The third-order valence-corrected chi connectivity index (χ3v) is 6.60. The van der Waals surface area contributed by atoms with Crippen LogP contribution in [0.4, 0.5) is 5.69 Å². The lowest BCUT2D eigenvalue weighted by molar-refractivity contribution is -0.132. The first-order chi connectivity index (χ1) is 17.2. The van der Waals surface area contributed by atoms with Crippen LogP contribution in [0, 0.1) is 0 Å². The largest absolute Gasteiger partial charge is 0.467 e. The van der Waals surface area contributed by atoms with Crippen LogP contribution < -0.4 is 4.90 Å². The number of anilines is 1. The standard InChI is InChI=1S/C29H25N3O3/c33-27(17-14-21-8-2-1-3-9-21)31(22-15-16-22)20-28(34)32-24-11-5-4-10-23(24)30-18-6-12-25(30)29(32)26-13-7-19-35-26/h1-14,17-19,22,29H,15-16,20H2/b17-14+. The van der Waals surface area contributed by atoms with Crippen molar-refractivity contribution in [1.29, 1.82) is 0 Å². The molecule has 3 heterocycles. The number of carbonyl (C=O) groups is 2. The molecule has 1 fully saturated rings. The van der Waals surface area contributed by atoms with Gasteiger partial charge in [-0.15, -0.1) is 0 Å². The number of benzene rings is 2. The highest BCUT2D eigenvalue weighted by atomic mass is 16.3. The third kappa shape index (κ3) is 3.97. The molecular weight excluding hydrogens is 438 g/mol. The van der Waals surface area contributed by atoms with Gasteiger partial charge < -0.3 is 13.9 Å². The van der Waals surface area contributed by atoms with Gasteiger partial charge in [0.05, 0.1) is 23.3 Å². The predicted octanol–water partition coefficient (Wildman–Crippen LogP) is 5.21. The van der Waals surface area contributed by atoms with Gasteiger partial charge in [0.25, 0.3) is 0 Å². The second-order valence-corrected chi connectivity index (χ2v) is 8.91. The van der Waals surface area contributed by atoms with E-state index in [-0.39, 0.29) is 24.4 Å². The Morgan fingerprint density at radius 2 is 1.69 bits per heavy atom. The molecule has 0 radical (unpaired) electrons. The van der Waals surface area contributed by atoms with E-state index in [2.05, 4.69) is 4.57 Å². The second kappa shape index (κ2) is 8.80. The molecule has 1 saturated carbocycles. The SMILES string of the molecule is O=C(/C=C/c1ccccc1)N(CC(=O)N1c2ccccc2-n2cccc2C1c1ccco1)C1CC1. The van der Waals surface area contributed by atoms with Crippen molar-refractivity contribution < 1.29 is 14.0 Å². The molecule has 2 aliphatic rings. The van der Waals surface area contributed by atoms with Crippen molar-refractivity contribution in [2.75, 3.05) is 11.4 Å². The van der Waals surface area contributed by atoms with Gasteiger partial charge in [0.1, 0.15) is 18.3 Å².